The van der Waals surface area contributed by atoms with E-state index in [1.165, 1.54) is 5.56 Å². The Balaban J connectivity index is 1.82. The number of hydrogen-bond acceptors (Lipinski definition) is 3. The summed E-state index contributed by atoms with van der Waals surface area (Å²) in [5.74, 6) is 1.20. The SMILES string of the molecule is CC1CNCC1C(=O)CCc1ccsc1. The van der Waals surface area contributed by atoms with Gasteiger partial charge in [0, 0.05) is 18.9 Å². The maximum absolute atomic E-state index is 11.9. The number of aryl methyl sites for hydroxylation is 1. The van der Waals surface area contributed by atoms with Crippen molar-refractivity contribution in [2.45, 2.75) is 19.8 Å². The second kappa shape index (κ2) is 4.90. The molecule has 82 valence electrons. The molecule has 1 N–H and O–H groups in total. The molecule has 1 saturated heterocycles. The van der Waals surface area contributed by atoms with E-state index in [0.29, 0.717) is 18.1 Å². The van der Waals surface area contributed by atoms with Gasteiger partial charge in [-0.05, 0) is 41.3 Å². The maximum atomic E-state index is 11.9. The highest BCUT2D eigenvalue weighted by Crippen LogP contribution is 2.19. The van der Waals surface area contributed by atoms with Gasteiger partial charge in [0.1, 0.15) is 5.78 Å². The topological polar surface area (TPSA) is 29.1 Å². The second-order valence-electron chi connectivity index (χ2n) is 4.34. The first-order valence-corrected chi connectivity index (χ1v) is 6.46. The van der Waals surface area contributed by atoms with Gasteiger partial charge in [0.05, 0.1) is 0 Å². The molecular weight excluding hydrogens is 206 g/mol. The van der Waals surface area contributed by atoms with Crippen LogP contribution in [0, 0.1) is 11.8 Å². The van der Waals surface area contributed by atoms with Crippen molar-refractivity contribution in [1.82, 2.24) is 5.32 Å². The van der Waals surface area contributed by atoms with Gasteiger partial charge in [-0.25, -0.2) is 0 Å². The molecule has 1 aromatic rings. The number of Topliss-reactive ketones (excluding diaryl/α,β-unsaturated/α-hetero) is 1. The molecule has 0 aromatic carbocycles. The lowest BCUT2D eigenvalue weighted by Gasteiger charge is -2.11. The highest BCUT2D eigenvalue weighted by atomic mass is 32.1. The van der Waals surface area contributed by atoms with Gasteiger partial charge in [0.15, 0.2) is 0 Å². The molecule has 15 heavy (non-hydrogen) atoms. The fourth-order valence-corrected chi connectivity index (χ4v) is 2.83. The van der Waals surface area contributed by atoms with Gasteiger partial charge < -0.3 is 5.32 Å². The third kappa shape index (κ3) is 2.67. The monoisotopic (exact) mass is 223 g/mol. The summed E-state index contributed by atoms with van der Waals surface area (Å²) in [6.07, 6.45) is 1.61. The predicted octanol–water partition coefficient (Wildman–Crippen LogP) is 2.11. The first-order chi connectivity index (χ1) is 7.27. The van der Waals surface area contributed by atoms with Crippen LogP contribution in [0.3, 0.4) is 0 Å². The first-order valence-electron chi connectivity index (χ1n) is 5.52. The fourth-order valence-electron chi connectivity index (χ4n) is 2.13. The molecule has 2 unspecified atom stereocenters. The molecule has 0 aliphatic carbocycles. The van der Waals surface area contributed by atoms with E-state index in [9.17, 15) is 4.79 Å². The van der Waals surface area contributed by atoms with Crippen LogP contribution < -0.4 is 5.32 Å². The van der Waals surface area contributed by atoms with E-state index in [1.54, 1.807) is 11.3 Å². The molecule has 3 heteroatoms. The minimum Gasteiger partial charge on any atom is -0.316 e. The highest BCUT2D eigenvalue weighted by molar-refractivity contribution is 7.07. The van der Waals surface area contributed by atoms with Crippen LogP contribution in [0.5, 0.6) is 0 Å². The Hall–Kier alpha value is -0.670. The Morgan fingerprint density at radius 2 is 2.47 bits per heavy atom. The van der Waals surface area contributed by atoms with Crippen LogP contribution in [-0.4, -0.2) is 18.9 Å². The van der Waals surface area contributed by atoms with Crippen molar-refractivity contribution in [1.29, 1.82) is 0 Å². The van der Waals surface area contributed by atoms with Crippen molar-refractivity contribution in [2.24, 2.45) is 11.8 Å². The van der Waals surface area contributed by atoms with E-state index >= 15 is 0 Å². The fraction of sp³-hybridized carbons (Fsp3) is 0.583. The number of nitrogens with one attached hydrogen (secondary N) is 1. The summed E-state index contributed by atoms with van der Waals surface area (Å²) in [7, 11) is 0. The summed E-state index contributed by atoms with van der Waals surface area (Å²) in [5.41, 5.74) is 1.30. The molecule has 1 fully saturated rings. The number of carbonyl (C=O) groups is 1. The van der Waals surface area contributed by atoms with E-state index in [4.69, 9.17) is 0 Å². The van der Waals surface area contributed by atoms with Crippen molar-refractivity contribution < 1.29 is 4.79 Å². The molecule has 1 aliphatic rings. The van der Waals surface area contributed by atoms with Crippen molar-refractivity contribution in [2.75, 3.05) is 13.1 Å². The zero-order valence-electron chi connectivity index (χ0n) is 9.03. The van der Waals surface area contributed by atoms with Crippen LogP contribution >= 0.6 is 11.3 Å². The van der Waals surface area contributed by atoms with E-state index in [0.717, 1.165) is 19.5 Å². The van der Waals surface area contributed by atoms with E-state index in [1.807, 2.05) is 0 Å². The Kier molecular flexibility index (Phi) is 3.54. The average Bonchev–Trinajstić information content (AvgIpc) is 2.84. The van der Waals surface area contributed by atoms with Crippen molar-refractivity contribution >= 4 is 17.1 Å². The Labute approximate surface area is 94.7 Å². The van der Waals surface area contributed by atoms with Gasteiger partial charge in [-0.3, -0.25) is 4.79 Å². The molecule has 0 amide bonds. The molecule has 2 heterocycles. The normalized spacial score (nSPS) is 25.7. The van der Waals surface area contributed by atoms with Gasteiger partial charge in [0.25, 0.3) is 0 Å². The van der Waals surface area contributed by atoms with Crippen LogP contribution in [0.25, 0.3) is 0 Å². The summed E-state index contributed by atoms with van der Waals surface area (Å²) in [4.78, 5) is 11.9. The van der Waals surface area contributed by atoms with Gasteiger partial charge >= 0.3 is 0 Å². The van der Waals surface area contributed by atoms with Gasteiger partial charge in [-0.2, -0.15) is 11.3 Å². The summed E-state index contributed by atoms with van der Waals surface area (Å²) in [6.45, 7) is 4.03. The number of carbonyl (C=O) groups excluding carboxylic acids is 1. The first kappa shape index (κ1) is 10.8. The summed E-state index contributed by atoms with van der Waals surface area (Å²) >= 11 is 1.70. The quantitative estimate of drug-likeness (QED) is 0.847. The van der Waals surface area contributed by atoms with Crippen LogP contribution in [0.1, 0.15) is 18.9 Å². The molecule has 2 rings (SSSR count). The van der Waals surface area contributed by atoms with E-state index in [2.05, 4.69) is 29.1 Å². The Morgan fingerprint density at radius 1 is 1.60 bits per heavy atom. The lowest BCUT2D eigenvalue weighted by molar-refractivity contribution is -0.123. The van der Waals surface area contributed by atoms with Crippen LogP contribution in [-0.2, 0) is 11.2 Å². The van der Waals surface area contributed by atoms with Crippen LogP contribution in [0.15, 0.2) is 16.8 Å². The average molecular weight is 223 g/mol. The molecule has 1 aliphatic heterocycles. The smallest absolute Gasteiger partial charge is 0.137 e. The van der Waals surface area contributed by atoms with Gasteiger partial charge in [0.2, 0.25) is 0 Å². The molecule has 2 nitrogen and oxygen atoms in total. The molecular formula is C12H17NOS. The third-order valence-electron chi connectivity index (χ3n) is 3.17. The van der Waals surface area contributed by atoms with Crippen LogP contribution in [0.4, 0.5) is 0 Å². The lowest BCUT2D eigenvalue weighted by Crippen LogP contribution is -2.21. The number of hydrogen-bond donors (Lipinski definition) is 1. The summed E-state index contributed by atoms with van der Waals surface area (Å²) in [5, 5.41) is 7.47. The summed E-state index contributed by atoms with van der Waals surface area (Å²) < 4.78 is 0. The third-order valence-corrected chi connectivity index (χ3v) is 3.90. The van der Waals surface area contributed by atoms with Crippen LogP contribution in [0.2, 0.25) is 0 Å². The molecule has 0 saturated carbocycles. The lowest BCUT2D eigenvalue weighted by atomic mass is 9.91. The Morgan fingerprint density at radius 3 is 3.07 bits per heavy atom. The summed E-state index contributed by atoms with van der Waals surface area (Å²) in [6, 6.07) is 2.11. The number of ketones is 1. The Bertz CT molecular complexity index is 320. The largest absolute Gasteiger partial charge is 0.316 e. The second-order valence-corrected chi connectivity index (χ2v) is 5.12. The molecule has 2 atom stereocenters. The molecule has 1 aromatic heterocycles. The highest BCUT2D eigenvalue weighted by Gasteiger charge is 2.28. The van der Waals surface area contributed by atoms with E-state index in [-0.39, 0.29) is 5.92 Å². The van der Waals surface area contributed by atoms with E-state index < -0.39 is 0 Å². The molecule has 0 radical (unpaired) electrons. The van der Waals surface area contributed by atoms with Gasteiger partial charge in [-0.1, -0.05) is 6.92 Å². The van der Waals surface area contributed by atoms with Crippen molar-refractivity contribution in [3.8, 4) is 0 Å². The molecule has 0 bridgehead atoms. The standard InChI is InChI=1S/C12H17NOS/c1-9-6-13-7-11(9)12(14)3-2-10-4-5-15-8-10/h4-5,8-9,11,13H,2-3,6-7H2,1H3. The minimum absolute atomic E-state index is 0.253. The van der Waals surface area contributed by atoms with Gasteiger partial charge in [-0.15, -0.1) is 0 Å². The van der Waals surface area contributed by atoms with Crippen molar-refractivity contribution in [3.05, 3.63) is 22.4 Å². The minimum atomic E-state index is 0.253. The van der Waals surface area contributed by atoms with Crippen molar-refractivity contribution in [3.63, 3.8) is 0 Å². The zero-order chi connectivity index (χ0) is 10.7. The number of rotatable bonds is 4. The maximum Gasteiger partial charge on any atom is 0.137 e. The predicted molar refractivity (Wildman–Crippen MR) is 63.2 cm³/mol. The number of thiophene rings is 1. The zero-order valence-corrected chi connectivity index (χ0v) is 9.85. The molecule has 0 spiro atoms.